The van der Waals surface area contributed by atoms with Crippen molar-refractivity contribution in [2.45, 2.75) is 6.10 Å². The Morgan fingerprint density at radius 2 is 2.00 bits per heavy atom. The minimum absolute atomic E-state index is 0.302. The zero-order valence-electron chi connectivity index (χ0n) is 7.83. The smallest absolute Gasteiger partial charge is 0.207 e. The number of hydrogen-bond donors (Lipinski definition) is 1. The normalized spacial score (nSPS) is 12.3. The van der Waals surface area contributed by atoms with Crippen molar-refractivity contribution in [1.29, 1.82) is 0 Å². The molecule has 0 saturated heterocycles. The first-order chi connectivity index (χ1) is 7.29. The summed E-state index contributed by atoms with van der Waals surface area (Å²) in [7, 11) is 0. The molecule has 1 aromatic heterocycles. The molecule has 15 heavy (non-hydrogen) atoms. The lowest BCUT2D eigenvalue weighted by Gasteiger charge is -2.07. The molecule has 1 aromatic carbocycles. The van der Waals surface area contributed by atoms with Crippen LogP contribution < -0.4 is 0 Å². The van der Waals surface area contributed by atoms with Crippen LogP contribution >= 0.6 is 11.5 Å². The van der Waals surface area contributed by atoms with Crippen molar-refractivity contribution >= 4 is 17.3 Å². The molecule has 0 saturated carbocycles. The van der Waals surface area contributed by atoms with E-state index in [1.54, 1.807) is 36.5 Å². The summed E-state index contributed by atoms with van der Waals surface area (Å²) in [5.74, 6) is -0.302. The molecule has 4 heteroatoms. The lowest BCUT2D eigenvalue weighted by molar-refractivity contribution is 0.0752. The Kier molecular flexibility index (Phi) is 2.89. The van der Waals surface area contributed by atoms with Crippen molar-refractivity contribution in [3.8, 4) is 0 Å². The van der Waals surface area contributed by atoms with E-state index in [1.807, 2.05) is 6.07 Å². The maximum Gasteiger partial charge on any atom is 0.207 e. The zero-order chi connectivity index (χ0) is 10.7. The van der Waals surface area contributed by atoms with Crippen LogP contribution in [0.2, 0.25) is 0 Å². The Bertz CT molecular complexity index is 439. The van der Waals surface area contributed by atoms with Gasteiger partial charge in [-0.05, 0) is 23.2 Å². The van der Waals surface area contributed by atoms with E-state index < -0.39 is 6.10 Å². The second kappa shape index (κ2) is 4.33. The number of aliphatic hydroxyl groups is 1. The summed E-state index contributed by atoms with van der Waals surface area (Å²) in [5, 5.41) is 9.79. The van der Waals surface area contributed by atoms with Gasteiger partial charge < -0.3 is 5.11 Å². The van der Waals surface area contributed by atoms with Gasteiger partial charge in [-0.2, -0.15) is 0 Å². The summed E-state index contributed by atoms with van der Waals surface area (Å²) in [6, 6.07) is 10.5. The lowest BCUT2D eigenvalue weighted by Crippen LogP contribution is -2.10. The molecule has 3 nitrogen and oxygen atoms in total. The van der Waals surface area contributed by atoms with Crippen molar-refractivity contribution in [3.05, 3.63) is 53.0 Å². The van der Waals surface area contributed by atoms with Crippen LogP contribution in [0.4, 0.5) is 0 Å². The SMILES string of the molecule is O=C(c1ccns1)C(O)c1ccccc1. The number of carbonyl (C=O) groups excluding carboxylic acids is 1. The van der Waals surface area contributed by atoms with Crippen LogP contribution in [0.15, 0.2) is 42.6 Å². The van der Waals surface area contributed by atoms with Crippen LogP contribution in [0.25, 0.3) is 0 Å². The highest BCUT2D eigenvalue weighted by Gasteiger charge is 2.19. The Hall–Kier alpha value is -1.52. The molecule has 1 heterocycles. The number of carbonyl (C=O) groups is 1. The lowest BCUT2D eigenvalue weighted by atomic mass is 10.1. The van der Waals surface area contributed by atoms with Crippen LogP contribution in [0.1, 0.15) is 21.3 Å². The molecular formula is C11H9NO2S. The Morgan fingerprint density at radius 1 is 1.27 bits per heavy atom. The number of hydrogen-bond acceptors (Lipinski definition) is 4. The maximum atomic E-state index is 11.7. The molecule has 1 atom stereocenters. The van der Waals surface area contributed by atoms with Gasteiger partial charge in [-0.1, -0.05) is 30.3 Å². The second-order valence-corrected chi connectivity index (χ2v) is 3.89. The van der Waals surface area contributed by atoms with Crippen molar-refractivity contribution in [2.75, 3.05) is 0 Å². The largest absolute Gasteiger partial charge is 0.380 e. The molecule has 0 aliphatic heterocycles. The average molecular weight is 219 g/mol. The van der Waals surface area contributed by atoms with E-state index in [9.17, 15) is 9.90 Å². The fraction of sp³-hybridized carbons (Fsp3) is 0.0909. The predicted octanol–water partition coefficient (Wildman–Crippen LogP) is 2.06. The number of ketones is 1. The van der Waals surface area contributed by atoms with E-state index in [0.717, 1.165) is 11.5 Å². The summed E-state index contributed by atoms with van der Waals surface area (Å²) in [6.45, 7) is 0. The van der Waals surface area contributed by atoms with Gasteiger partial charge in [0.15, 0.2) is 0 Å². The fourth-order valence-corrected chi connectivity index (χ4v) is 1.82. The minimum atomic E-state index is -1.09. The van der Waals surface area contributed by atoms with Crippen LogP contribution in [0, 0.1) is 0 Å². The van der Waals surface area contributed by atoms with E-state index in [0.29, 0.717) is 10.4 Å². The maximum absolute atomic E-state index is 11.7. The summed E-state index contributed by atoms with van der Waals surface area (Å²) in [5.41, 5.74) is 0.607. The molecule has 2 aromatic rings. The van der Waals surface area contributed by atoms with Gasteiger partial charge in [0.05, 0.1) is 4.88 Å². The summed E-state index contributed by atoms with van der Waals surface area (Å²) >= 11 is 1.09. The Balaban J connectivity index is 2.23. The number of aromatic nitrogens is 1. The van der Waals surface area contributed by atoms with Crippen molar-refractivity contribution < 1.29 is 9.90 Å². The van der Waals surface area contributed by atoms with Crippen molar-refractivity contribution in [2.24, 2.45) is 0 Å². The molecule has 0 fully saturated rings. The highest BCUT2D eigenvalue weighted by Crippen LogP contribution is 2.19. The molecule has 0 radical (unpaired) electrons. The third kappa shape index (κ3) is 2.11. The Morgan fingerprint density at radius 3 is 2.60 bits per heavy atom. The van der Waals surface area contributed by atoms with E-state index in [-0.39, 0.29) is 5.78 Å². The van der Waals surface area contributed by atoms with E-state index >= 15 is 0 Å². The van der Waals surface area contributed by atoms with E-state index in [4.69, 9.17) is 0 Å². The van der Waals surface area contributed by atoms with Crippen LogP contribution in [-0.4, -0.2) is 15.3 Å². The zero-order valence-corrected chi connectivity index (χ0v) is 8.65. The summed E-state index contributed by atoms with van der Waals surface area (Å²) in [6.07, 6.45) is 0.460. The van der Waals surface area contributed by atoms with Gasteiger partial charge in [0, 0.05) is 6.20 Å². The predicted molar refractivity (Wildman–Crippen MR) is 57.8 cm³/mol. The van der Waals surface area contributed by atoms with Crippen LogP contribution in [0.5, 0.6) is 0 Å². The molecule has 76 valence electrons. The number of Topliss-reactive ketones (excluding diaryl/α,β-unsaturated/α-hetero) is 1. The van der Waals surface area contributed by atoms with Crippen molar-refractivity contribution in [3.63, 3.8) is 0 Å². The standard InChI is InChI=1S/C11H9NO2S/c13-10(8-4-2-1-3-5-8)11(14)9-6-7-12-15-9/h1-7,10,13H. The molecular weight excluding hydrogens is 210 g/mol. The third-order valence-corrected chi connectivity index (χ3v) is 2.81. The highest BCUT2D eigenvalue weighted by atomic mass is 32.1. The monoisotopic (exact) mass is 219 g/mol. The number of nitrogens with zero attached hydrogens (tertiary/aromatic N) is 1. The quantitative estimate of drug-likeness (QED) is 0.804. The molecule has 0 bridgehead atoms. The first kappa shape index (κ1) is 10.0. The fourth-order valence-electron chi connectivity index (χ4n) is 1.26. The van der Waals surface area contributed by atoms with Gasteiger partial charge in [0.1, 0.15) is 6.10 Å². The van der Waals surface area contributed by atoms with Crippen molar-refractivity contribution in [1.82, 2.24) is 4.37 Å². The highest BCUT2D eigenvalue weighted by molar-refractivity contribution is 7.08. The number of rotatable bonds is 3. The van der Waals surface area contributed by atoms with Gasteiger partial charge in [-0.25, -0.2) is 4.37 Å². The minimum Gasteiger partial charge on any atom is -0.380 e. The van der Waals surface area contributed by atoms with E-state index in [1.165, 1.54) is 0 Å². The molecule has 0 spiro atoms. The Labute approximate surface area is 91.2 Å². The van der Waals surface area contributed by atoms with E-state index in [2.05, 4.69) is 4.37 Å². The van der Waals surface area contributed by atoms with Crippen LogP contribution in [0.3, 0.4) is 0 Å². The molecule has 2 rings (SSSR count). The van der Waals surface area contributed by atoms with Crippen LogP contribution in [-0.2, 0) is 0 Å². The average Bonchev–Trinajstić information content (AvgIpc) is 2.82. The van der Waals surface area contributed by atoms with Gasteiger partial charge >= 0.3 is 0 Å². The number of benzene rings is 1. The third-order valence-electron chi connectivity index (χ3n) is 2.04. The molecule has 0 aliphatic carbocycles. The first-order valence-corrected chi connectivity index (χ1v) is 5.24. The van der Waals surface area contributed by atoms with Gasteiger partial charge in [0.2, 0.25) is 5.78 Å². The van der Waals surface area contributed by atoms with Gasteiger partial charge in [0.25, 0.3) is 0 Å². The first-order valence-electron chi connectivity index (χ1n) is 4.47. The second-order valence-electron chi connectivity index (χ2n) is 3.05. The molecule has 1 unspecified atom stereocenters. The van der Waals surface area contributed by atoms with Gasteiger partial charge in [-0.15, -0.1) is 0 Å². The van der Waals surface area contributed by atoms with Gasteiger partial charge in [-0.3, -0.25) is 4.79 Å². The topological polar surface area (TPSA) is 50.2 Å². The molecule has 0 aliphatic rings. The summed E-state index contributed by atoms with van der Waals surface area (Å²) < 4.78 is 3.83. The number of aliphatic hydroxyl groups excluding tert-OH is 1. The summed E-state index contributed by atoms with van der Waals surface area (Å²) in [4.78, 5) is 12.2. The molecule has 1 N–H and O–H groups in total. The molecule has 0 amide bonds.